The Labute approximate surface area is 239 Å². The summed E-state index contributed by atoms with van der Waals surface area (Å²) in [6.07, 6.45) is -2.35. The molecule has 0 atom stereocenters. The molecular formula is C33H25F3N2O4. The van der Waals surface area contributed by atoms with Gasteiger partial charge in [0, 0.05) is 29.0 Å². The topological polar surface area (TPSA) is 77.5 Å². The van der Waals surface area contributed by atoms with Gasteiger partial charge in [0.25, 0.3) is 0 Å². The van der Waals surface area contributed by atoms with Crippen molar-refractivity contribution in [1.82, 2.24) is 4.98 Å². The first-order valence-electron chi connectivity index (χ1n) is 12.9. The zero-order valence-electron chi connectivity index (χ0n) is 22.7. The molecule has 0 bridgehead atoms. The van der Waals surface area contributed by atoms with E-state index in [0.29, 0.717) is 39.1 Å². The number of benzene rings is 4. The molecule has 5 rings (SSSR count). The van der Waals surface area contributed by atoms with Crippen molar-refractivity contribution in [2.45, 2.75) is 19.5 Å². The number of Topliss-reactive ketones (excluding diaryl/α,β-unsaturated/α-hetero) is 1. The van der Waals surface area contributed by atoms with E-state index >= 15 is 0 Å². The molecule has 1 heterocycles. The van der Waals surface area contributed by atoms with Gasteiger partial charge >= 0.3 is 6.18 Å². The second-order valence-corrected chi connectivity index (χ2v) is 9.58. The number of fused-ring (bicyclic) bond motifs is 2. The molecule has 5 aromatic rings. The molecule has 42 heavy (non-hydrogen) atoms. The summed E-state index contributed by atoms with van der Waals surface area (Å²) in [6.45, 7) is 5.21. The molecule has 0 saturated carbocycles. The van der Waals surface area contributed by atoms with Gasteiger partial charge in [0.15, 0.2) is 5.78 Å². The highest BCUT2D eigenvalue weighted by Gasteiger charge is 2.34. The number of carbonyl (C=O) groups excluding carboxylic acids is 2. The van der Waals surface area contributed by atoms with Crippen molar-refractivity contribution >= 4 is 39.1 Å². The zero-order chi connectivity index (χ0) is 30.0. The molecule has 0 aliphatic rings. The molecule has 4 aromatic carbocycles. The maximum absolute atomic E-state index is 13.5. The Hall–Kier alpha value is -5.18. The number of nitrogens with zero attached hydrogens (tertiary/aromatic N) is 1. The van der Waals surface area contributed by atoms with Crippen LogP contribution in [0.4, 0.5) is 18.9 Å². The normalized spacial score (nSPS) is 11.4. The van der Waals surface area contributed by atoms with E-state index in [1.54, 1.807) is 49.7 Å². The number of amides is 1. The van der Waals surface area contributed by atoms with E-state index in [-0.39, 0.29) is 12.2 Å². The van der Waals surface area contributed by atoms with E-state index in [4.69, 9.17) is 9.47 Å². The van der Waals surface area contributed by atoms with E-state index in [9.17, 15) is 22.8 Å². The molecule has 0 aliphatic heterocycles. The van der Waals surface area contributed by atoms with E-state index in [1.165, 1.54) is 6.07 Å². The van der Waals surface area contributed by atoms with Gasteiger partial charge in [0.05, 0.1) is 23.9 Å². The number of hydrogen-bond acceptors (Lipinski definition) is 5. The molecule has 1 amide bonds. The smallest absolute Gasteiger partial charge is 0.418 e. The third-order valence-corrected chi connectivity index (χ3v) is 6.82. The highest BCUT2D eigenvalue weighted by atomic mass is 19.4. The SMILES string of the molecule is C=CC(=O)Nc1cc(CC(=O)c2cccc3c(Oc4ccnc5cc(C)c(OC)cc45)cccc23)ccc1C(F)(F)F. The number of hydrogen-bond donors (Lipinski definition) is 1. The highest BCUT2D eigenvalue weighted by molar-refractivity contribution is 6.10. The molecule has 0 fully saturated rings. The third-order valence-electron chi connectivity index (χ3n) is 6.82. The number of methoxy groups -OCH3 is 1. The van der Waals surface area contributed by atoms with E-state index in [1.807, 2.05) is 25.1 Å². The number of nitrogens with one attached hydrogen (secondary N) is 1. The first-order valence-corrected chi connectivity index (χ1v) is 12.9. The van der Waals surface area contributed by atoms with Gasteiger partial charge in [0.1, 0.15) is 17.2 Å². The summed E-state index contributed by atoms with van der Waals surface area (Å²) >= 11 is 0. The van der Waals surface area contributed by atoms with Crippen molar-refractivity contribution < 1.29 is 32.2 Å². The second kappa shape index (κ2) is 11.4. The first kappa shape index (κ1) is 28.4. The number of aryl methyl sites for hydroxylation is 1. The van der Waals surface area contributed by atoms with Crippen LogP contribution in [0.3, 0.4) is 0 Å². The number of alkyl halides is 3. The van der Waals surface area contributed by atoms with Gasteiger partial charge in [-0.1, -0.05) is 43.0 Å². The number of rotatable bonds is 8. The number of ether oxygens (including phenoxy) is 2. The molecule has 1 N–H and O–H groups in total. The van der Waals surface area contributed by atoms with Crippen LogP contribution in [0.2, 0.25) is 0 Å². The van der Waals surface area contributed by atoms with Gasteiger partial charge in [-0.3, -0.25) is 14.6 Å². The Morgan fingerprint density at radius 1 is 0.929 bits per heavy atom. The summed E-state index contributed by atoms with van der Waals surface area (Å²) in [6, 6.07) is 19.3. The monoisotopic (exact) mass is 570 g/mol. The van der Waals surface area contributed by atoms with Crippen LogP contribution < -0.4 is 14.8 Å². The highest BCUT2D eigenvalue weighted by Crippen LogP contribution is 2.38. The van der Waals surface area contributed by atoms with Crippen molar-refractivity contribution in [1.29, 1.82) is 0 Å². The molecule has 0 radical (unpaired) electrons. The molecule has 212 valence electrons. The minimum atomic E-state index is -4.69. The summed E-state index contributed by atoms with van der Waals surface area (Å²) in [5, 5.41) is 4.24. The Morgan fingerprint density at radius 3 is 2.40 bits per heavy atom. The van der Waals surface area contributed by atoms with Crippen molar-refractivity contribution in [2.75, 3.05) is 12.4 Å². The summed E-state index contributed by atoms with van der Waals surface area (Å²) in [5.74, 6) is 0.662. The number of halogens is 3. The summed E-state index contributed by atoms with van der Waals surface area (Å²) in [4.78, 5) is 29.7. The van der Waals surface area contributed by atoms with Crippen LogP contribution in [-0.2, 0) is 17.4 Å². The number of anilines is 1. The van der Waals surface area contributed by atoms with Gasteiger partial charge in [-0.15, -0.1) is 0 Å². The first-order chi connectivity index (χ1) is 20.1. The van der Waals surface area contributed by atoms with Crippen molar-refractivity contribution in [2.24, 2.45) is 0 Å². The Bertz CT molecular complexity index is 1860. The van der Waals surface area contributed by atoms with Crippen LogP contribution >= 0.6 is 0 Å². The van der Waals surface area contributed by atoms with Crippen molar-refractivity contribution in [3.05, 3.63) is 114 Å². The maximum Gasteiger partial charge on any atom is 0.418 e. The molecule has 0 saturated heterocycles. The van der Waals surface area contributed by atoms with Crippen LogP contribution in [-0.4, -0.2) is 23.8 Å². The Balaban J connectivity index is 1.49. The Kier molecular flexibility index (Phi) is 7.67. The van der Waals surface area contributed by atoms with Gasteiger partial charge in [0.2, 0.25) is 5.91 Å². The predicted octanol–water partition coefficient (Wildman–Crippen LogP) is 8.07. The lowest BCUT2D eigenvalue weighted by atomic mass is 9.96. The summed E-state index contributed by atoms with van der Waals surface area (Å²) < 4.78 is 52.3. The van der Waals surface area contributed by atoms with Crippen LogP contribution in [0.1, 0.15) is 27.0 Å². The Morgan fingerprint density at radius 2 is 1.67 bits per heavy atom. The molecule has 1 aromatic heterocycles. The molecule has 0 unspecified atom stereocenters. The van der Waals surface area contributed by atoms with Crippen molar-refractivity contribution in [3.8, 4) is 17.2 Å². The fourth-order valence-electron chi connectivity index (χ4n) is 4.81. The van der Waals surface area contributed by atoms with E-state index < -0.39 is 23.3 Å². The largest absolute Gasteiger partial charge is 0.496 e. The molecular weight excluding hydrogens is 545 g/mol. The van der Waals surface area contributed by atoms with Gasteiger partial charge in [-0.25, -0.2) is 0 Å². The third kappa shape index (κ3) is 5.67. The second-order valence-electron chi connectivity index (χ2n) is 9.58. The van der Waals surface area contributed by atoms with Crippen LogP contribution in [0, 0.1) is 6.92 Å². The standard InChI is InChI=1S/C33H25F3N2O4/c1-4-32(40)38-27-16-20(11-12-25(27)33(34,35)36)17-28(39)22-8-5-9-23-21(22)7-6-10-29(23)42-30-13-14-37-26-15-19(2)31(41-3)18-24(26)30/h4-16,18H,1,17H2,2-3H3,(H,38,40). The summed E-state index contributed by atoms with van der Waals surface area (Å²) in [7, 11) is 1.59. The molecule has 6 nitrogen and oxygen atoms in total. The fraction of sp³-hybridized carbons (Fsp3) is 0.121. The van der Waals surface area contributed by atoms with Crippen molar-refractivity contribution in [3.63, 3.8) is 0 Å². The van der Waals surface area contributed by atoms with Gasteiger partial charge in [-0.2, -0.15) is 13.2 Å². The van der Waals surface area contributed by atoms with E-state index in [2.05, 4.69) is 16.9 Å². The minimum absolute atomic E-state index is 0.187. The fourth-order valence-corrected chi connectivity index (χ4v) is 4.81. The lowest BCUT2D eigenvalue weighted by Gasteiger charge is -2.15. The average Bonchev–Trinajstić information content (AvgIpc) is 2.96. The lowest BCUT2D eigenvalue weighted by Crippen LogP contribution is -2.15. The number of pyridine rings is 1. The number of carbonyl (C=O) groups is 2. The molecule has 0 aliphatic carbocycles. The average molecular weight is 571 g/mol. The lowest BCUT2D eigenvalue weighted by molar-refractivity contribution is -0.137. The summed E-state index contributed by atoms with van der Waals surface area (Å²) in [5.41, 5.74) is 0.906. The van der Waals surface area contributed by atoms with Crippen LogP contribution in [0.5, 0.6) is 17.2 Å². The maximum atomic E-state index is 13.5. The van der Waals surface area contributed by atoms with Crippen LogP contribution in [0.15, 0.2) is 91.6 Å². The quantitative estimate of drug-likeness (QED) is 0.151. The van der Waals surface area contributed by atoms with Gasteiger partial charge in [-0.05, 0) is 65.9 Å². The minimum Gasteiger partial charge on any atom is -0.496 e. The van der Waals surface area contributed by atoms with Crippen LogP contribution in [0.25, 0.3) is 21.7 Å². The van der Waals surface area contributed by atoms with Gasteiger partial charge < -0.3 is 14.8 Å². The molecule has 0 spiro atoms. The molecule has 9 heteroatoms. The number of aromatic nitrogens is 1. The number of ketones is 1. The van der Waals surface area contributed by atoms with E-state index in [0.717, 1.165) is 34.7 Å². The predicted molar refractivity (Wildman–Crippen MR) is 155 cm³/mol. The zero-order valence-corrected chi connectivity index (χ0v) is 22.7.